The van der Waals surface area contributed by atoms with Crippen molar-refractivity contribution in [2.75, 3.05) is 0 Å². The topological polar surface area (TPSA) is 43.6 Å². The molecule has 0 radical (unpaired) electrons. The Bertz CT molecular complexity index is 965. The fraction of sp³-hybridized carbons (Fsp3) is 0. The van der Waals surface area contributed by atoms with Crippen molar-refractivity contribution >= 4 is 0 Å². The molecule has 5 heteroatoms. The number of halogens is 1. The number of hydrogen-bond acceptors (Lipinski definition) is 3. The van der Waals surface area contributed by atoms with Crippen LogP contribution in [0, 0.1) is 5.82 Å². The van der Waals surface area contributed by atoms with Crippen molar-refractivity contribution in [2.45, 2.75) is 0 Å². The summed E-state index contributed by atoms with van der Waals surface area (Å²) in [5, 5.41) is 4.29. The number of pyridine rings is 2. The summed E-state index contributed by atoms with van der Waals surface area (Å²) in [6, 6.07) is 16.2. The lowest BCUT2D eigenvalue weighted by atomic mass is 10.0. The van der Waals surface area contributed by atoms with Gasteiger partial charge in [0.2, 0.25) is 0 Å². The van der Waals surface area contributed by atoms with E-state index in [4.69, 9.17) is 0 Å². The van der Waals surface area contributed by atoms with E-state index in [-0.39, 0.29) is 5.82 Å². The zero-order valence-corrected chi connectivity index (χ0v) is 12.7. The maximum atomic E-state index is 14.5. The molecule has 0 saturated carbocycles. The molecule has 0 aliphatic carbocycles. The molecule has 4 aromatic rings. The molecule has 0 saturated heterocycles. The number of aromatic nitrogens is 4. The predicted molar refractivity (Wildman–Crippen MR) is 90.0 cm³/mol. The summed E-state index contributed by atoms with van der Waals surface area (Å²) in [7, 11) is 0. The van der Waals surface area contributed by atoms with Gasteiger partial charge in [-0.3, -0.25) is 4.98 Å². The van der Waals surface area contributed by atoms with Crippen LogP contribution in [-0.2, 0) is 0 Å². The average Bonchev–Trinajstić information content (AvgIpc) is 3.13. The van der Waals surface area contributed by atoms with Crippen molar-refractivity contribution in [1.82, 2.24) is 19.7 Å². The molecule has 0 aliphatic rings. The molecule has 0 fully saturated rings. The zero-order chi connectivity index (χ0) is 16.4. The van der Waals surface area contributed by atoms with Crippen LogP contribution in [0.2, 0.25) is 0 Å². The Morgan fingerprint density at radius 1 is 0.833 bits per heavy atom. The van der Waals surface area contributed by atoms with E-state index in [1.165, 1.54) is 6.07 Å². The highest BCUT2D eigenvalue weighted by atomic mass is 19.1. The Hall–Kier alpha value is -3.34. The lowest BCUT2D eigenvalue weighted by molar-refractivity contribution is 0.631. The van der Waals surface area contributed by atoms with Gasteiger partial charge < -0.3 is 0 Å². The van der Waals surface area contributed by atoms with Crippen molar-refractivity contribution in [3.05, 3.63) is 85.2 Å². The first-order valence-corrected chi connectivity index (χ1v) is 7.49. The van der Waals surface area contributed by atoms with Gasteiger partial charge >= 0.3 is 0 Å². The second kappa shape index (κ2) is 6.04. The van der Waals surface area contributed by atoms with Gasteiger partial charge in [-0.25, -0.2) is 14.1 Å². The largest absolute Gasteiger partial charge is 0.256 e. The van der Waals surface area contributed by atoms with Crippen LogP contribution >= 0.6 is 0 Å². The van der Waals surface area contributed by atoms with Crippen LogP contribution in [-0.4, -0.2) is 19.7 Å². The predicted octanol–water partition coefficient (Wildman–Crippen LogP) is 4.14. The van der Waals surface area contributed by atoms with Crippen molar-refractivity contribution < 1.29 is 4.39 Å². The molecule has 116 valence electrons. The van der Waals surface area contributed by atoms with E-state index in [1.54, 1.807) is 35.4 Å². The fourth-order valence-corrected chi connectivity index (χ4v) is 2.51. The highest BCUT2D eigenvalue weighted by Crippen LogP contribution is 2.27. The van der Waals surface area contributed by atoms with Gasteiger partial charge in [-0.15, -0.1) is 0 Å². The molecule has 4 nitrogen and oxygen atoms in total. The second-order valence-electron chi connectivity index (χ2n) is 5.27. The second-order valence-corrected chi connectivity index (χ2v) is 5.27. The Morgan fingerprint density at radius 2 is 1.67 bits per heavy atom. The van der Waals surface area contributed by atoms with Crippen LogP contribution in [0.1, 0.15) is 0 Å². The van der Waals surface area contributed by atoms with E-state index < -0.39 is 0 Å². The zero-order valence-electron chi connectivity index (χ0n) is 12.7. The standard InChI is InChI=1S/C19H13FN4/c20-17-11-14(7-8-16(17)18-5-1-3-9-21-18)15-12-23-24(13-15)19-6-2-4-10-22-19/h1-13H. The smallest absolute Gasteiger partial charge is 0.153 e. The third kappa shape index (κ3) is 2.67. The van der Waals surface area contributed by atoms with Gasteiger partial charge in [0.25, 0.3) is 0 Å². The summed E-state index contributed by atoms with van der Waals surface area (Å²) in [5.41, 5.74) is 2.68. The van der Waals surface area contributed by atoms with E-state index in [2.05, 4.69) is 15.1 Å². The summed E-state index contributed by atoms with van der Waals surface area (Å²) in [6.45, 7) is 0. The van der Waals surface area contributed by atoms with Gasteiger partial charge in [0.05, 0.1) is 11.9 Å². The molecule has 0 amide bonds. The average molecular weight is 316 g/mol. The molecular weight excluding hydrogens is 303 g/mol. The highest BCUT2D eigenvalue weighted by molar-refractivity contribution is 5.68. The monoisotopic (exact) mass is 316 g/mol. The normalized spacial score (nSPS) is 10.7. The molecule has 0 atom stereocenters. The number of hydrogen-bond donors (Lipinski definition) is 0. The van der Waals surface area contributed by atoms with Crippen molar-refractivity contribution in [3.8, 4) is 28.2 Å². The van der Waals surface area contributed by atoms with Gasteiger partial charge in [0.1, 0.15) is 5.82 Å². The minimum absolute atomic E-state index is 0.309. The van der Waals surface area contributed by atoms with E-state index in [0.29, 0.717) is 17.1 Å². The van der Waals surface area contributed by atoms with Crippen molar-refractivity contribution in [3.63, 3.8) is 0 Å². The molecule has 0 unspecified atom stereocenters. The van der Waals surface area contributed by atoms with Gasteiger partial charge in [0.15, 0.2) is 5.82 Å². The summed E-state index contributed by atoms with van der Waals surface area (Å²) in [4.78, 5) is 8.44. The minimum Gasteiger partial charge on any atom is -0.256 e. The number of nitrogens with zero attached hydrogens (tertiary/aromatic N) is 4. The molecule has 3 heterocycles. The van der Waals surface area contributed by atoms with Crippen LogP contribution in [0.5, 0.6) is 0 Å². The Kier molecular flexibility index (Phi) is 3.59. The molecule has 4 rings (SSSR count). The number of benzene rings is 1. The Labute approximate surface area is 138 Å². The first-order chi connectivity index (χ1) is 11.8. The van der Waals surface area contributed by atoms with Crippen molar-refractivity contribution in [1.29, 1.82) is 0 Å². The molecular formula is C19H13FN4. The maximum absolute atomic E-state index is 14.5. The maximum Gasteiger partial charge on any atom is 0.153 e. The lowest BCUT2D eigenvalue weighted by Crippen LogP contribution is -1.95. The molecule has 1 aromatic carbocycles. The van der Waals surface area contributed by atoms with Crippen LogP contribution in [0.4, 0.5) is 4.39 Å². The quantitative estimate of drug-likeness (QED) is 0.570. The van der Waals surface area contributed by atoms with Gasteiger partial charge in [0, 0.05) is 29.7 Å². The third-order valence-corrected chi connectivity index (χ3v) is 3.71. The van der Waals surface area contributed by atoms with E-state index in [1.807, 2.05) is 42.6 Å². The SMILES string of the molecule is Fc1cc(-c2cnn(-c3ccccn3)c2)ccc1-c1ccccn1. The molecule has 3 aromatic heterocycles. The summed E-state index contributed by atoms with van der Waals surface area (Å²) in [5.74, 6) is 0.408. The van der Waals surface area contributed by atoms with Crippen molar-refractivity contribution in [2.24, 2.45) is 0 Å². The van der Waals surface area contributed by atoms with Gasteiger partial charge in [-0.2, -0.15) is 5.10 Å². The molecule has 0 aliphatic heterocycles. The third-order valence-electron chi connectivity index (χ3n) is 3.71. The van der Waals surface area contributed by atoms with E-state index in [0.717, 1.165) is 11.1 Å². The summed E-state index contributed by atoms with van der Waals surface area (Å²) >= 11 is 0. The van der Waals surface area contributed by atoms with Crippen LogP contribution in [0.3, 0.4) is 0 Å². The fourth-order valence-electron chi connectivity index (χ4n) is 2.51. The van der Waals surface area contributed by atoms with E-state index >= 15 is 0 Å². The molecule has 0 bridgehead atoms. The summed E-state index contributed by atoms with van der Waals surface area (Å²) < 4.78 is 16.1. The molecule has 24 heavy (non-hydrogen) atoms. The van der Waals surface area contributed by atoms with Gasteiger partial charge in [-0.1, -0.05) is 18.2 Å². The molecule has 0 N–H and O–H groups in total. The Morgan fingerprint density at radius 3 is 2.38 bits per heavy atom. The van der Waals surface area contributed by atoms with Crippen LogP contribution in [0.15, 0.2) is 79.4 Å². The number of rotatable bonds is 3. The lowest BCUT2D eigenvalue weighted by Gasteiger charge is -2.04. The van der Waals surface area contributed by atoms with Crippen LogP contribution in [0.25, 0.3) is 28.2 Å². The first kappa shape index (κ1) is 14.3. The first-order valence-electron chi connectivity index (χ1n) is 7.49. The Balaban J connectivity index is 1.69. The van der Waals surface area contributed by atoms with E-state index in [9.17, 15) is 4.39 Å². The summed E-state index contributed by atoms with van der Waals surface area (Å²) in [6.07, 6.45) is 6.89. The molecule has 0 spiro atoms. The minimum atomic E-state index is -0.309. The van der Waals surface area contributed by atoms with Crippen LogP contribution < -0.4 is 0 Å². The van der Waals surface area contributed by atoms with Gasteiger partial charge in [-0.05, 0) is 42.0 Å². The highest BCUT2D eigenvalue weighted by Gasteiger charge is 2.10.